The molecule has 0 unspecified atom stereocenters. The van der Waals surface area contributed by atoms with Crippen LogP contribution < -0.4 is 0 Å². The molecule has 0 radical (unpaired) electrons. The van der Waals surface area contributed by atoms with Crippen LogP contribution in [0.25, 0.3) is 0 Å². The minimum atomic E-state index is 0.338. The van der Waals surface area contributed by atoms with E-state index in [4.69, 9.17) is 0 Å². The highest BCUT2D eigenvalue weighted by molar-refractivity contribution is 5.76. The molecule has 0 bridgehead atoms. The molecule has 0 spiro atoms. The Kier molecular flexibility index (Phi) is 4.80. The van der Waals surface area contributed by atoms with Crippen LogP contribution in [0.5, 0.6) is 0 Å². The third-order valence-corrected chi connectivity index (χ3v) is 3.89. The lowest BCUT2D eigenvalue weighted by molar-refractivity contribution is -0.134. The predicted molar refractivity (Wildman–Crippen MR) is 74.4 cm³/mol. The molecule has 1 aliphatic heterocycles. The summed E-state index contributed by atoms with van der Waals surface area (Å²) in [7, 11) is 0. The maximum Gasteiger partial charge on any atom is 0.223 e. The van der Waals surface area contributed by atoms with E-state index in [-0.39, 0.29) is 0 Å². The number of carbonyl (C=O) groups is 1. The van der Waals surface area contributed by atoms with Crippen LogP contribution in [0.4, 0.5) is 0 Å². The van der Waals surface area contributed by atoms with Crippen molar-refractivity contribution in [2.45, 2.75) is 51.5 Å². The van der Waals surface area contributed by atoms with Gasteiger partial charge < -0.3 is 4.90 Å². The standard InChI is InChI=1S/C16H23NO/c1-2-15-10-6-7-13-17(15)16(18)12-11-14-8-4-3-5-9-14/h3-5,8-9,15H,2,6-7,10-13H2,1H3/t15-/m1/s1. The maximum atomic E-state index is 12.3. The molecule has 0 N–H and O–H groups in total. The van der Waals surface area contributed by atoms with Crippen LogP contribution in [-0.4, -0.2) is 23.4 Å². The molecule has 0 saturated carbocycles. The largest absolute Gasteiger partial charge is 0.340 e. The van der Waals surface area contributed by atoms with Crippen LogP contribution in [0, 0.1) is 0 Å². The molecule has 0 aliphatic carbocycles. The monoisotopic (exact) mass is 245 g/mol. The average molecular weight is 245 g/mol. The Balaban J connectivity index is 1.87. The Hall–Kier alpha value is -1.31. The number of carbonyl (C=O) groups excluding carboxylic acids is 1. The average Bonchev–Trinajstić information content (AvgIpc) is 2.45. The van der Waals surface area contributed by atoms with Gasteiger partial charge in [-0.3, -0.25) is 4.79 Å². The van der Waals surface area contributed by atoms with Gasteiger partial charge in [-0.15, -0.1) is 0 Å². The fraction of sp³-hybridized carbons (Fsp3) is 0.562. The molecule has 2 rings (SSSR count). The van der Waals surface area contributed by atoms with Crippen molar-refractivity contribution in [1.82, 2.24) is 4.90 Å². The van der Waals surface area contributed by atoms with Gasteiger partial charge >= 0.3 is 0 Å². The molecule has 1 aromatic carbocycles. The second-order valence-corrected chi connectivity index (χ2v) is 5.13. The van der Waals surface area contributed by atoms with Crippen molar-refractivity contribution in [3.05, 3.63) is 35.9 Å². The van der Waals surface area contributed by atoms with E-state index in [0.717, 1.165) is 19.4 Å². The normalized spacial score (nSPS) is 19.8. The summed E-state index contributed by atoms with van der Waals surface area (Å²) in [6.07, 6.45) is 6.26. The number of benzene rings is 1. The van der Waals surface area contributed by atoms with Crippen LogP contribution in [0.3, 0.4) is 0 Å². The Morgan fingerprint density at radius 3 is 2.78 bits per heavy atom. The van der Waals surface area contributed by atoms with Gasteiger partial charge in [0.15, 0.2) is 0 Å². The van der Waals surface area contributed by atoms with Crippen LogP contribution in [0.1, 0.15) is 44.6 Å². The van der Waals surface area contributed by atoms with Crippen LogP contribution in [-0.2, 0) is 11.2 Å². The van der Waals surface area contributed by atoms with Crippen LogP contribution in [0.2, 0.25) is 0 Å². The van der Waals surface area contributed by atoms with Gasteiger partial charge in [0.2, 0.25) is 5.91 Å². The van der Waals surface area contributed by atoms with E-state index in [1.807, 2.05) is 18.2 Å². The second-order valence-electron chi connectivity index (χ2n) is 5.13. The van der Waals surface area contributed by atoms with E-state index < -0.39 is 0 Å². The predicted octanol–water partition coefficient (Wildman–Crippen LogP) is 3.41. The summed E-state index contributed by atoms with van der Waals surface area (Å²) >= 11 is 0. The lowest BCUT2D eigenvalue weighted by Crippen LogP contribution is -2.43. The van der Waals surface area contributed by atoms with Gasteiger partial charge in [-0.2, -0.15) is 0 Å². The molecule has 18 heavy (non-hydrogen) atoms. The third-order valence-electron chi connectivity index (χ3n) is 3.89. The van der Waals surface area contributed by atoms with Gasteiger partial charge in [-0.25, -0.2) is 0 Å². The number of amides is 1. The highest BCUT2D eigenvalue weighted by Gasteiger charge is 2.24. The first-order chi connectivity index (χ1) is 8.81. The number of nitrogens with zero attached hydrogens (tertiary/aromatic N) is 1. The first-order valence-electron chi connectivity index (χ1n) is 7.14. The maximum absolute atomic E-state index is 12.3. The number of aryl methyl sites for hydroxylation is 1. The van der Waals surface area contributed by atoms with Gasteiger partial charge in [0, 0.05) is 19.0 Å². The Morgan fingerprint density at radius 2 is 2.06 bits per heavy atom. The summed E-state index contributed by atoms with van der Waals surface area (Å²) in [5.74, 6) is 0.338. The fourth-order valence-electron chi connectivity index (χ4n) is 2.79. The van der Waals surface area contributed by atoms with Crippen molar-refractivity contribution in [3.63, 3.8) is 0 Å². The third kappa shape index (κ3) is 3.34. The molecule has 98 valence electrons. The van der Waals surface area contributed by atoms with Crippen molar-refractivity contribution in [2.24, 2.45) is 0 Å². The smallest absolute Gasteiger partial charge is 0.223 e. The quantitative estimate of drug-likeness (QED) is 0.796. The lowest BCUT2D eigenvalue weighted by atomic mass is 9.99. The van der Waals surface area contributed by atoms with Crippen molar-refractivity contribution in [2.75, 3.05) is 6.54 Å². The first-order valence-corrected chi connectivity index (χ1v) is 7.14. The van der Waals surface area contributed by atoms with Gasteiger partial charge in [0.25, 0.3) is 0 Å². The number of rotatable bonds is 4. The van der Waals surface area contributed by atoms with E-state index in [2.05, 4.69) is 24.0 Å². The molecule has 1 atom stereocenters. The highest BCUT2D eigenvalue weighted by Crippen LogP contribution is 2.20. The van der Waals surface area contributed by atoms with Crippen LogP contribution >= 0.6 is 0 Å². The topological polar surface area (TPSA) is 20.3 Å². The molecule has 1 heterocycles. The number of likely N-dealkylation sites (tertiary alicyclic amines) is 1. The summed E-state index contributed by atoms with van der Waals surface area (Å²) in [6, 6.07) is 10.8. The number of hydrogen-bond acceptors (Lipinski definition) is 1. The number of hydrogen-bond donors (Lipinski definition) is 0. The lowest BCUT2D eigenvalue weighted by Gasteiger charge is -2.35. The molecule has 1 aliphatic rings. The summed E-state index contributed by atoms with van der Waals surface area (Å²) in [5.41, 5.74) is 1.26. The molecule has 1 fully saturated rings. The zero-order valence-corrected chi connectivity index (χ0v) is 11.3. The zero-order chi connectivity index (χ0) is 12.8. The van der Waals surface area contributed by atoms with Crippen molar-refractivity contribution in [3.8, 4) is 0 Å². The summed E-state index contributed by atoms with van der Waals surface area (Å²) < 4.78 is 0. The molecular weight excluding hydrogens is 222 g/mol. The molecule has 1 aromatic rings. The van der Waals surface area contributed by atoms with E-state index in [1.165, 1.54) is 24.8 Å². The highest BCUT2D eigenvalue weighted by atomic mass is 16.2. The Morgan fingerprint density at radius 1 is 1.28 bits per heavy atom. The van der Waals surface area contributed by atoms with Crippen molar-refractivity contribution in [1.29, 1.82) is 0 Å². The minimum Gasteiger partial charge on any atom is -0.340 e. The Labute approximate surface area is 110 Å². The van der Waals surface area contributed by atoms with Gasteiger partial charge in [0.05, 0.1) is 0 Å². The van der Waals surface area contributed by atoms with E-state index in [9.17, 15) is 4.79 Å². The van der Waals surface area contributed by atoms with E-state index in [0.29, 0.717) is 18.4 Å². The van der Waals surface area contributed by atoms with E-state index >= 15 is 0 Å². The Bertz CT molecular complexity index is 374. The molecule has 0 aromatic heterocycles. The SMILES string of the molecule is CC[C@@H]1CCCCN1C(=O)CCc1ccccc1. The first kappa shape index (κ1) is 13.1. The van der Waals surface area contributed by atoms with Gasteiger partial charge in [0.1, 0.15) is 0 Å². The number of piperidine rings is 1. The minimum absolute atomic E-state index is 0.338. The fourth-order valence-corrected chi connectivity index (χ4v) is 2.79. The summed E-state index contributed by atoms with van der Waals surface area (Å²) in [4.78, 5) is 14.4. The molecule has 2 heteroatoms. The van der Waals surface area contributed by atoms with Crippen molar-refractivity contribution < 1.29 is 4.79 Å². The van der Waals surface area contributed by atoms with Gasteiger partial charge in [-0.1, -0.05) is 37.3 Å². The van der Waals surface area contributed by atoms with Gasteiger partial charge in [-0.05, 0) is 37.7 Å². The summed E-state index contributed by atoms with van der Waals surface area (Å²) in [6.45, 7) is 3.15. The molecule has 1 saturated heterocycles. The molecule has 2 nitrogen and oxygen atoms in total. The molecular formula is C16H23NO. The van der Waals surface area contributed by atoms with E-state index in [1.54, 1.807) is 0 Å². The summed E-state index contributed by atoms with van der Waals surface area (Å²) in [5, 5.41) is 0. The van der Waals surface area contributed by atoms with Crippen molar-refractivity contribution >= 4 is 5.91 Å². The zero-order valence-electron chi connectivity index (χ0n) is 11.3. The molecule has 1 amide bonds. The second kappa shape index (κ2) is 6.58. The van der Waals surface area contributed by atoms with Crippen LogP contribution in [0.15, 0.2) is 30.3 Å².